The molecule has 0 aromatic heterocycles. The van der Waals surface area contributed by atoms with Crippen molar-refractivity contribution in [1.29, 1.82) is 0 Å². The molecule has 1 unspecified atom stereocenters. The van der Waals surface area contributed by atoms with Crippen LogP contribution in [0.5, 0.6) is 0 Å². The van der Waals surface area contributed by atoms with E-state index in [-0.39, 0.29) is 12.1 Å². The molecule has 0 amide bonds. The summed E-state index contributed by atoms with van der Waals surface area (Å²) in [5, 5.41) is 0. The third kappa shape index (κ3) is 5.89. The van der Waals surface area contributed by atoms with Crippen molar-refractivity contribution in [3.63, 3.8) is 0 Å². The molecule has 0 spiro atoms. The minimum absolute atomic E-state index is 0.0515. The van der Waals surface area contributed by atoms with Crippen molar-refractivity contribution in [3.8, 4) is 0 Å². The van der Waals surface area contributed by atoms with Crippen LogP contribution < -0.4 is 0 Å². The van der Waals surface area contributed by atoms with Gasteiger partial charge in [-0.2, -0.15) is 0 Å². The summed E-state index contributed by atoms with van der Waals surface area (Å²) >= 11 is 0. The molecule has 0 aliphatic heterocycles. The summed E-state index contributed by atoms with van der Waals surface area (Å²) in [6.07, 6.45) is 4.35. The van der Waals surface area contributed by atoms with Gasteiger partial charge in [-0.25, -0.2) is 0 Å². The van der Waals surface area contributed by atoms with E-state index >= 15 is 0 Å². The molecular formula is C9H17O2. The fraction of sp³-hybridized carbons (Fsp3) is 0.778. The molecule has 1 radical (unpaired) electrons. The van der Waals surface area contributed by atoms with Gasteiger partial charge >= 0.3 is 5.97 Å². The van der Waals surface area contributed by atoms with Gasteiger partial charge < -0.3 is 4.74 Å². The number of ether oxygens (including phenoxy) is 1. The standard InChI is InChI=1S/C9H17O2/c1-4-6-7-9(10)11-8(3)5-2/h7-8H,4-6H2,1-3H3. The summed E-state index contributed by atoms with van der Waals surface area (Å²) in [6, 6.07) is 0. The summed E-state index contributed by atoms with van der Waals surface area (Å²) in [7, 11) is 0. The van der Waals surface area contributed by atoms with Gasteiger partial charge in [0.2, 0.25) is 0 Å². The Balaban J connectivity index is 3.36. The number of hydrogen-bond acceptors (Lipinski definition) is 2. The average molecular weight is 157 g/mol. The number of unbranched alkanes of at least 4 members (excludes halogenated alkanes) is 1. The second-order valence-corrected chi connectivity index (χ2v) is 2.65. The minimum Gasteiger partial charge on any atom is -0.462 e. The fourth-order valence-electron chi connectivity index (χ4n) is 0.592. The predicted molar refractivity (Wildman–Crippen MR) is 45.1 cm³/mol. The van der Waals surface area contributed by atoms with Crippen LogP contribution in [0.3, 0.4) is 0 Å². The normalized spacial score (nSPS) is 12.6. The molecule has 11 heavy (non-hydrogen) atoms. The Hall–Kier alpha value is -0.530. The molecule has 2 nitrogen and oxygen atoms in total. The Bertz CT molecular complexity index is 110. The van der Waals surface area contributed by atoms with Gasteiger partial charge in [-0.1, -0.05) is 20.3 Å². The van der Waals surface area contributed by atoms with Crippen LogP contribution in [0.25, 0.3) is 0 Å². The van der Waals surface area contributed by atoms with E-state index in [0.717, 1.165) is 19.3 Å². The third-order valence-corrected chi connectivity index (χ3v) is 1.49. The molecule has 0 bridgehead atoms. The first kappa shape index (κ1) is 10.5. The Labute approximate surface area is 68.9 Å². The van der Waals surface area contributed by atoms with Gasteiger partial charge in [0.1, 0.15) is 0 Å². The molecule has 2 heteroatoms. The molecule has 0 saturated carbocycles. The zero-order valence-electron chi connectivity index (χ0n) is 7.59. The van der Waals surface area contributed by atoms with Crippen molar-refractivity contribution < 1.29 is 9.53 Å². The molecule has 0 heterocycles. The molecule has 0 aliphatic carbocycles. The van der Waals surface area contributed by atoms with Gasteiger partial charge in [0, 0.05) is 0 Å². The predicted octanol–water partition coefficient (Wildman–Crippen LogP) is 2.33. The third-order valence-electron chi connectivity index (χ3n) is 1.49. The van der Waals surface area contributed by atoms with Crippen molar-refractivity contribution >= 4 is 5.97 Å². The lowest BCUT2D eigenvalue weighted by molar-refractivity contribution is -0.144. The van der Waals surface area contributed by atoms with Gasteiger partial charge in [-0.15, -0.1) is 0 Å². The lowest BCUT2D eigenvalue weighted by Gasteiger charge is -2.09. The molecule has 0 N–H and O–H groups in total. The van der Waals surface area contributed by atoms with Crippen LogP contribution in [0, 0.1) is 6.42 Å². The van der Waals surface area contributed by atoms with Crippen LogP contribution in [-0.4, -0.2) is 12.1 Å². The topological polar surface area (TPSA) is 26.3 Å². The summed E-state index contributed by atoms with van der Waals surface area (Å²) in [6.45, 7) is 5.93. The second-order valence-electron chi connectivity index (χ2n) is 2.65. The SMILES string of the molecule is CCC[CH]C(=O)OC(C)CC. The number of esters is 1. The van der Waals surface area contributed by atoms with E-state index in [2.05, 4.69) is 0 Å². The van der Waals surface area contributed by atoms with E-state index in [4.69, 9.17) is 4.74 Å². The maximum Gasteiger partial charge on any atom is 0.310 e. The summed E-state index contributed by atoms with van der Waals surface area (Å²) in [5.41, 5.74) is 0. The van der Waals surface area contributed by atoms with Gasteiger partial charge in [0.15, 0.2) is 0 Å². The van der Waals surface area contributed by atoms with E-state index in [1.54, 1.807) is 6.42 Å². The highest BCUT2D eigenvalue weighted by molar-refractivity contribution is 5.78. The molecule has 0 fully saturated rings. The zero-order valence-corrected chi connectivity index (χ0v) is 7.59. The number of carbonyl (C=O) groups is 1. The molecule has 0 aliphatic rings. The highest BCUT2D eigenvalue weighted by Gasteiger charge is 2.06. The monoisotopic (exact) mass is 157 g/mol. The molecule has 0 rings (SSSR count). The second kappa shape index (κ2) is 6.20. The van der Waals surface area contributed by atoms with Crippen LogP contribution in [0.4, 0.5) is 0 Å². The summed E-state index contributed by atoms with van der Waals surface area (Å²) in [4.78, 5) is 10.9. The first-order valence-electron chi connectivity index (χ1n) is 4.24. The van der Waals surface area contributed by atoms with Crippen molar-refractivity contribution in [2.24, 2.45) is 0 Å². The number of carbonyl (C=O) groups excluding carboxylic acids is 1. The van der Waals surface area contributed by atoms with Gasteiger partial charge in [0.25, 0.3) is 0 Å². The Morgan fingerprint density at radius 3 is 2.64 bits per heavy atom. The van der Waals surface area contributed by atoms with Gasteiger partial charge in [-0.3, -0.25) is 4.79 Å². The summed E-state index contributed by atoms with van der Waals surface area (Å²) < 4.78 is 5.01. The highest BCUT2D eigenvalue weighted by atomic mass is 16.5. The van der Waals surface area contributed by atoms with Gasteiger partial charge in [-0.05, 0) is 19.8 Å². The van der Waals surface area contributed by atoms with E-state index < -0.39 is 0 Å². The Kier molecular flexibility index (Phi) is 5.90. The molecule has 1 atom stereocenters. The van der Waals surface area contributed by atoms with Crippen LogP contribution in [-0.2, 0) is 9.53 Å². The molecule has 0 aromatic rings. The fourth-order valence-corrected chi connectivity index (χ4v) is 0.592. The first-order valence-corrected chi connectivity index (χ1v) is 4.24. The van der Waals surface area contributed by atoms with Crippen molar-refractivity contribution in [2.45, 2.75) is 46.1 Å². The van der Waals surface area contributed by atoms with E-state index in [9.17, 15) is 4.79 Å². The smallest absolute Gasteiger partial charge is 0.310 e. The highest BCUT2D eigenvalue weighted by Crippen LogP contribution is 2.00. The minimum atomic E-state index is -0.179. The quantitative estimate of drug-likeness (QED) is 0.572. The van der Waals surface area contributed by atoms with Gasteiger partial charge in [0.05, 0.1) is 12.5 Å². The van der Waals surface area contributed by atoms with E-state index in [1.165, 1.54) is 0 Å². The average Bonchev–Trinajstić information content (AvgIpc) is 2.00. The molecular weight excluding hydrogens is 140 g/mol. The lowest BCUT2D eigenvalue weighted by atomic mass is 10.2. The molecule has 0 saturated heterocycles. The van der Waals surface area contributed by atoms with Crippen molar-refractivity contribution in [3.05, 3.63) is 6.42 Å². The first-order chi connectivity index (χ1) is 5.20. The Morgan fingerprint density at radius 2 is 2.18 bits per heavy atom. The van der Waals surface area contributed by atoms with Crippen LogP contribution in [0.2, 0.25) is 0 Å². The molecule has 0 aromatic carbocycles. The largest absolute Gasteiger partial charge is 0.462 e. The Morgan fingerprint density at radius 1 is 1.55 bits per heavy atom. The molecule has 65 valence electrons. The zero-order chi connectivity index (χ0) is 8.69. The van der Waals surface area contributed by atoms with Crippen LogP contribution in [0.1, 0.15) is 40.0 Å². The lowest BCUT2D eigenvalue weighted by Crippen LogP contribution is -2.13. The van der Waals surface area contributed by atoms with Crippen molar-refractivity contribution in [2.75, 3.05) is 0 Å². The van der Waals surface area contributed by atoms with Crippen LogP contribution in [0.15, 0.2) is 0 Å². The maximum atomic E-state index is 10.9. The van der Waals surface area contributed by atoms with Crippen molar-refractivity contribution in [1.82, 2.24) is 0 Å². The maximum absolute atomic E-state index is 10.9. The number of hydrogen-bond donors (Lipinski definition) is 0. The van der Waals surface area contributed by atoms with Crippen LogP contribution >= 0.6 is 0 Å². The summed E-state index contributed by atoms with van der Waals surface area (Å²) in [5.74, 6) is -0.179. The van der Waals surface area contributed by atoms with E-state index in [0.29, 0.717) is 0 Å². The van der Waals surface area contributed by atoms with E-state index in [1.807, 2.05) is 20.8 Å². The number of rotatable bonds is 5.